The number of nitrogens with zero attached hydrogens (tertiary/aromatic N) is 2. The number of hydrogen-bond acceptors (Lipinski definition) is 5. The van der Waals surface area contributed by atoms with Gasteiger partial charge in [0.15, 0.2) is 5.60 Å². The summed E-state index contributed by atoms with van der Waals surface area (Å²) in [6.07, 6.45) is 2.36. The third-order valence-corrected chi connectivity index (χ3v) is 7.57. The Hall–Kier alpha value is -2.05. The minimum absolute atomic E-state index is 0.0910. The summed E-state index contributed by atoms with van der Waals surface area (Å²) in [6.45, 7) is 12.1. The molecule has 2 aliphatic rings. The van der Waals surface area contributed by atoms with E-state index < -0.39 is 5.60 Å². The van der Waals surface area contributed by atoms with Crippen molar-refractivity contribution in [2.45, 2.75) is 59.1 Å². The first kappa shape index (κ1) is 21.2. The summed E-state index contributed by atoms with van der Waals surface area (Å²) < 4.78 is 6.42. The summed E-state index contributed by atoms with van der Waals surface area (Å²) in [5.74, 6) is 1.23. The topological polar surface area (TPSA) is 53.0 Å². The van der Waals surface area contributed by atoms with Crippen molar-refractivity contribution >= 4 is 17.2 Å². The molecule has 1 fully saturated rings. The molecule has 5 nitrogen and oxygen atoms in total. The molecule has 30 heavy (non-hydrogen) atoms. The van der Waals surface area contributed by atoms with Crippen LogP contribution in [0.15, 0.2) is 16.8 Å². The number of fused-ring (bicyclic) bond motifs is 1. The summed E-state index contributed by atoms with van der Waals surface area (Å²) >= 11 is 1.73. The molecule has 3 heterocycles. The van der Waals surface area contributed by atoms with Crippen molar-refractivity contribution < 1.29 is 14.6 Å². The molecular weight excluding hydrogens is 396 g/mol. The minimum atomic E-state index is -0.851. The lowest BCUT2D eigenvalue weighted by Crippen LogP contribution is -2.53. The van der Waals surface area contributed by atoms with E-state index in [1.807, 2.05) is 32.6 Å². The van der Waals surface area contributed by atoms with Gasteiger partial charge in [0.25, 0.3) is 5.91 Å². The number of carbonyl (C=O) groups excluding carboxylic acids is 1. The van der Waals surface area contributed by atoms with E-state index in [0.717, 1.165) is 73.6 Å². The number of rotatable bonds is 3. The average molecular weight is 429 g/mol. The highest BCUT2D eigenvalue weighted by molar-refractivity contribution is 7.07. The summed E-state index contributed by atoms with van der Waals surface area (Å²) in [7, 11) is 0. The van der Waals surface area contributed by atoms with E-state index in [2.05, 4.69) is 21.7 Å². The molecule has 1 saturated heterocycles. The van der Waals surface area contributed by atoms with Gasteiger partial charge in [0.05, 0.1) is 0 Å². The number of thiophene rings is 1. The molecule has 162 valence electrons. The molecule has 1 unspecified atom stereocenters. The highest BCUT2D eigenvalue weighted by atomic mass is 32.1. The van der Waals surface area contributed by atoms with Gasteiger partial charge in [0.1, 0.15) is 11.5 Å². The third-order valence-electron chi connectivity index (χ3n) is 6.83. The zero-order valence-electron chi connectivity index (χ0n) is 18.5. The van der Waals surface area contributed by atoms with Crippen molar-refractivity contribution in [2.24, 2.45) is 0 Å². The molecule has 4 rings (SSSR count). The van der Waals surface area contributed by atoms with E-state index >= 15 is 0 Å². The van der Waals surface area contributed by atoms with Crippen molar-refractivity contribution in [1.29, 1.82) is 0 Å². The molecule has 1 N–H and O–H groups in total. The maximum atomic E-state index is 13.5. The Balaban J connectivity index is 1.48. The molecule has 1 aromatic heterocycles. The Morgan fingerprint density at radius 3 is 2.70 bits per heavy atom. The second-order valence-electron chi connectivity index (χ2n) is 8.92. The molecule has 6 heteroatoms. The number of carbonyl (C=O) groups is 1. The van der Waals surface area contributed by atoms with Crippen LogP contribution in [0, 0.1) is 20.8 Å². The van der Waals surface area contributed by atoms with Crippen molar-refractivity contribution in [3.8, 4) is 11.5 Å². The van der Waals surface area contributed by atoms with E-state index in [1.165, 1.54) is 5.56 Å². The van der Waals surface area contributed by atoms with Crippen LogP contribution < -0.4 is 4.74 Å². The summed E-state index contributed by atoms with van der Waals surface area (Å²) in [5, 5.41) is 14.7. The normalized spacial score (nSPS) is 22.3. The summed E-state index contributed by atoms with van der Waals surface area (Å²) in [4.78, 5) is 18.0. The quantitative estimate of drug-likeness (QED) is 0.796. The van der Waals surface area contributed by atoms with Crippen LogP contribution in [0.4, 0.5) is 0 Å². The van der Waals surface area contributed by atoms with Crippen LogP contribution in [-0.4, -0.2) is 52.6 Å². The van der Waals surface area contributed by atoms with Crippen molar-refractivity contribution in [2.75, 3.05) is 26.2 Å². The van der Waals surface area contributed by atoms with E-state index in [4.69, 9.17) is 4.74 Å². The van der Waals surface area contributed by atoms with Gasteiger partial charge in [0.2, 0.25) is 0 Å². The first-order valence-corrected chi connectivity index (χ1v) is 11.8. The van der Waals surface area contributed by atoms with Gasteiger partial charge in [-0.05, 0) is 79.6 Å². The molecule has 0 bridgehead atoms. The van der Waals surface area contributed by atoms with Crippen molar-refractivity contribution in [3.05, 3.63) is 44.6 Å². The van der Waals surface area contributed by atoms with Gasteiger partial charge < -0.3 is 14.7 Å². The number of phenolic OH excluding ortho intramolecular Hbond substituents is 1. The van der Waals surface area contributed by atoms with Crippen LogP contribution in [0.25, 0.3) is 0 Å². The molecule has 1 amide bonds. The molecule has 0 radical (unpaired) electrons. The van der Waals surface area contributed by atoms with Crippen LogP contribution >= 0.6 is 11.3 Å². The first-order valence-electron chi connectivity index (χ1n) is 10.8. The number of amides is 1. The molecule has 1 aromatic carbocycles. The Bertz CT molecular complexity index is 941. The zero-order chi connectivity index (χ0) is 21.5. The molecule has 2 aliphatic heterocycles. The Kier molecular flexibility index (Phi) is 5.82. The Morgan fingerprint density at radius 1 is 1.17 bits per heavy atom. The number of phenols is 1. The highest BCUT2D eigenvalue weighted by Gasteiger charge is 2.43. The van der Waals surface area contributed by atoms with Gasteiger partial charge in [-0.15, -0.1) is 0 Å². The van der Waals surface area contributed by atoms with Crippen molar-refractivity contribution in [1.82, 2.24) is 9.80 Å². The lowest BCUT2D eigenvalue weighted by molar-refractivity contribution is -0.148. The van der Waals surface area contributed by atoms with Gasteiger partial charge in [-0.1, -0.05) is 0 Å². The standard InChI is InChI=1S/C24H32N2O3S/c1-16-17(2)22-20(18(3)21(16)27)6-8-24(4,29-22)23(28)26-10-5-9-25(11-12-26)14-19-7-13-30-15-19/h7,13,15,27H,5-6,8-12,14H2,1-4H3. The van der Waals surface area contributed by atoms with Crippen LogP contribution in [0.1, 0.15) is 47.6 Å². The van der Waals surface area contributed by atoms with Crippen LogP contribution in [-0.2, 0) is 17.8 Å². The molecule has 0 aliphatic carbocycles. The second-order valence-corrected chi connectivity index (χ2v) is 9.70. The maximum Gasteiger partial charge on any atom is 0.266 e. The fourth-order valence-electron chi connectivity index (χ4n) is 4.71. The zero-order valence-corrected chi connectivity index (χ0v) is 19.3. The molecule has 2 aromatic rings. The van der Waals surface area contributed by atoms with Crippen LogP contribution in [0.5, 0.6) is 11.5 Å². The fourth-order valence-corrected chi connectivity index (χ4v) is 5.37. The predicted molar refractivity (Wildman–Crippen MR) is 120 cm³/mol. The number of aromatic hydroxyl groups is 1. The smallest absolute Gasteiger partial charge is 0.266 e. The third kappa shape index (κ3) is 3.83. The molecular formula is C24H32N2O3S. The first-order chi connectivity index (χ1) is 14.3. The number of ether oxygens (including phenoxy) is 1. The molecule has 0 spiro atoms. The van der Waals surface area contributed by atoms with Gasteiger partial charge in [-0.3, -0.25) is 9.69 Å². The predicted octanol–water partition coefficient (Wildman–Crippen LogP) is 4.20. The fraction of sp³-hybridized carbons (Fsp3) is 0.542. The Morgan fingerprint density at radius 2 is 1.97 bits per heavy atom. The summed E-state index contributed by atoms with van der Waals surface area (Å²) in [6, 6.07) is 2.18. The lowest BCUT2D eigenvalue weighted by Gasteiger charge is -2.39. The van der Waals surface area contributed by atoms with Crippen molar-refractivity contribution in [3.63, 3.8) is 0 Å². The summed E-state index contributed by atoms with van der Waals surface area (Å²) in [5.41, 5.74) is 4.19. The second kappa shape index (κ2) is 8.23. The van der Waals surface area contributed by atoms with Gasteiger partial charge in [-0.2, -0.15) is 11.3 Å². The SMILES string of the molecule is Cc1c(C)c2c(c(C)c1O)CCC(C)(C(=O)N1CCCN(Cc3ccsc3)CC1)O2. The maximum absolute atomic E-state index is 13.5. The molecule has 1 atom stereocenters. The average Bonchev–Trinajstić information content (AvgIpc) is 3.14. The van der Waals surface area contributed by atoms with Gasteiger partial charge in [-0.25, -0.2) is 0 Å². The lowest BCUT2D eigenvalue weighted by atomic mass is 9.86. The van der Waals surface area contributed by atoms with Crippen LogP contribution in [0.2, 0.25) is 0 Å². The van der Waals surface area contributed by atoms with Gasteiger partial charge in [0, 0.05) is 44.7 Å². The van der Waals surface area contributed by atoms with E-state index in [1.54, 1.807) is 11.3 Å². The minimum Gasteiger partial charge on any atom is -0.507 e. The molecule has 0 saturated carbocycles. The van der Waals surface area contributed by atoms with E-state index in [9.17, 15) is 9.90 Å². The highest BCUT2D eigenvalue weighted by Crippen LogP contribution is 2.43. The van der Waals surface area contributed by atoms with Gasteiger partial charge >= 0.3 is 0 Å². The number of hydrogen-bond donors (Lipinski definition) is 1. The Labute approximate surface area is 183 Å². The largest absolute Gasteiger partial charge is 0.507 e. The number of benzene rings is 1. The van der Waals surface area contributed by atoms with E-state index in [-0.39, 0.29) is 5.91 Å². The van der Waals surface area contributed by atoms with E-state index in [0.29, 0.717) is 12.2 Å². The van der Waals surface area contributed by atoms with Crippen LogP contribution in [0.3, 0.4) is 0 Å². The monoisotopic (exact) mass is 428 g/mol.